The Morgan fingerprint density at radius 3 is 2.62 bits per heavy atom. The molecule has 0 aliphatic carbocycles. The third kappa shape index (κ3) is 4.35. The predicted octanol–water partition coefficient (Wildman–Crippen LogP) is 1.27. The normalized spacial score (nSPS) is 24.8. The summed E-state index contributed by atoms with van der Waals surface area (Å²) in [7, 11) is 0. The van der Waals surface area contributed by atoms with Gasteiger partial charge in [0.1, 0.15) is 0 Å². The molecular weight excluding hydrogens is 302 g/mol. The highest BCUT2D eigenvalue weighted by Crippen LogP contribution is 2.20. The topological polar surface area (TPSA) is 58.8 Å². The molecule has 2 atom stereocenters. The summed E-state index contributed by atoms with van der Waals surface area (Å²) < 4.78 is 5.62. The van der Waals surface area contributed by atoms with Crippen molar-refractivity contribution in [3.05, 3.63) is 35.9 Å². The zero-order valence-corrected chi connectivity index (χ0v) is 14.6. The van der Waals surface area contributed by atoms with E-state index in [2.05, 4.69) is 11.8 Å². The van der Waals surface area contributed by atoms with Gasteiger partial charge in [0.2, 0.25) is 5.91 Å². The summed E-state index contributed by atoms with van der Waals surface area (Å²) in [5.74, 6) is 0.0904. The molecule has 0 aromatic heterocycles. The first-order chi connectivity index (χ1) is 11.6. The molecule has 2 aliphatic rings. The number of hydrogen-bond acceptors (Lipinski definition) is 4. The highest BCUT2D eigenvalue weighted by atomic mass is 16.5. The molecule has 5 heteroatoms. The average molecular weight is 331 g/mol. The van der Waals surface area contributed by atoms with Gasteiger partial charge in [-0.15, -0.1) is 0 Å². The summed E-state index contributed by atoms with van der Waals surface area (Å²) in [6.45, 7) is 6.60. The van der Waals surface area contributed by atoms with Gasteiger partial charge in [-0.05, 0) is 31.7 Å². The van der Waals surface area contributed by atoms with Crippen LogP contribution in [0.25, 0.3) is 0 Å². The van der Waals surface area contributed by atoms with Crippen LogP contribution in [-0.2, 0) is 16.0 Å². The smallest absolute Gasteiger partial charge is 0.239 e. The summed E-state index contributed by atoms with van der Waals surface area (Å²) in [6.07, 6.45) is 3.01. The lowest BCUT2D eigenvalue weighted by Gasteiger charge is -2.42. The van der Waals surface area contributed by atoms with E-state index >= 15 is 0 Å². The molecule has 2 unspecified atom stereocenters. The second kappa shape index (κ2) is 8.10. The molecular formula is C19H29N3O2. The zero-order chi connectivity index (χ0) is 16.9. The first kappa shape index (κ1) is 17.4. The number of amides is 1. The Morgan fingerprint density at radius 1 is 1.25 bits per heavy atom. The van der Waals surface area contributed by atoms with Gasteiger partial charge in [0.05, 0.1) is 18.8 Å². The van der Waals surface area contributed by atoms with Gasteiger partial charge in [-0.2, -0.15) is 0 Å². The summed E-state index contributed by atoms with van der Waals surface area (Å²) in [4.78, 5) is 17.1. The van der Waals surface area contributed by atoms with Crippen LogP contribution in [0, 0.1) is 0 Å². The molecule has 3 rings (SSSR count). The van der Waals surface area contributed by atoms with Crippen LogP contribution in [0.4, 0.5) is 0 Å². The van der Waals surface area contributed by atoms with Crippen LogP contribution in [0.5, 0.6) is 0 Å². The Balaban J connectivity index is 1.48. The van der Waals surface area contributed by atoms with E-state index in [1.165, 1.54) is 0 Å². The Morgan fingerprint density at radius 2 is 1.96 bits per heavy atom. The van der Waals surface area contributed by atoms with Gasteiger partial charge < -0.3 is 15.4 Å². The third-order valence-electron chi connectivity index (χ3n) is 5.18. The van der Waals surface area contributed by atoms with Crippen LogP contribution in [0.1, 0.15) is 25.3 Å². The van der Waals surface area contributed by atoms with Gasteiger partial charge in [-0.1, -0.05) is 30.3 Å². The Kier molecular flexibility index (Phi) is 5.87. The van der Waals surface area contributed by atoms with E-state index in [-0.39, 0.29) is 5.91 Å². The summed E-state index contributed by atoms with van der Waals surface area (Å²) in [5, 5.41) is 0. The largest absolute Gasteiger partial charge is 0.376 e. The lowest BCUT2D eigenvalue weighted by atomic mass is 10.00. The number of piperidine rings is 1. The highest BCUT2D eigenvalue weighted by molar-refractivity contribution is 5.82. The minimum Gasteiger partial charge on any atom is -0.376 e. The second-order valence-electron chi connectivity index (χ2n) is 7.03. The SMILES string of the molecule is CC1CN(C2CCN(C(=O)C(N)Cc3ccccc3)CC2)CCO1. The van der Waals surface area contributed by atoms with Crippen molar-refractivity contribution in [2.75, 3.05) is 32.8 Å². The van der Waals surface area contributed by atoms with Crippen LogP contribution in [-0.4, -0.2) is 66.7 Å². The maximum Gasteiger partial charge on any atom is 0.239 e. The lowest BCUT2D eigenvalue weighted by Crippen LogP contribution is -2.54. The van der Waals surface area contributed by atoms with E-state index < -0.39 is 6.04 Å². The molecule has 1 aromatic carbocycles. The summed E-state index contributed by atoms with van der Waals surface area (Å²) in [6, 6.07) is 10.1. The molecule has 2 fully saturated rings. The van der Waals surface area contributed by atoms with Crippen molar-refractivity contribution >= 4 is 5.91 Å². The number of likely N-dealkylation sites (tertiary alicyclic amines) is 1. The number of benzene rings is 1. The first-order valence-corrected chi connectivity index (χ1v) is 9.07. The molecule has 1 aromatic rings. The predicted molar refractivity (Wildman–Crippen MR) is 94.7 cm³/mol. The fraction of sp³-hybridized carbons (Fsp3) is 0.632. The third-order valence-corrected chi connectivity index (χ3v) is 5.18. The van der Waals surface area contributed by atoms with E-state index in [0.717, 1.165) is 51.2 Å². The van der Waals surface area contributed by atoms with E-state index in [0.29, 0.717) is 18.6 Å². The lowest BCUT2D eigenvalue weighted by molar-refractivity contribution is -0.134. The minimum atomic E-state index is -0.438. The van der Waals surface area contributed by atoms with Gasteiger partial charge in [-0.3, -0.25) is 9.69 Å². The Bertz CT molecular complexity index is 529. The van der Waals surface area contributed by atoms with Crippen LogP contribution < -0.4 is 5.73 Å². The number of carbonyl (C=O) groups is 1. The molecule has 2 N–H and O–H groups in total. The van der Waals surface area contributed by atoms with Crippen LogP contribution in [0.2, 0.25) is 0 Å². The fourth-order valence-corrected chi connectivity index (χ4v) is 3.82. The van der Waals surface area contributed by atoms with Crippen molar-refractivity contribution in [3.8, 4) is 0 Å². The van der Waals surface area contributed by atoms with E-state index in [4.69, 9.17) is 10.5 Å². The van der Waals surface area contributed by atoms with Crippen molar-refractivity contribution in [2.45, 2.75) is 44.4 Å². The maximum absolute atomic E-state index is 12.6. The minimum absolute atomic E-state index is 0.0904. The molecule has 2 saturated heterocycles. The number of ether oxygens (including phenoxy) is 1. The molecule has 0 bridgehead atoms. The number of carbonyl (C=O) groups excluding carboxylic acids is 1. The number of rotatable bonds is 4. The van der Waals surface area contributed by atoms with E-state index in [9.17, 15) is 4.79 Å². The molecule has 0 radical (unpaired) electrons. The molecule has 24 heavy (non-hydrogen) atoms. The number of nitrogens with two attached hydrogens (primary N) is 1. The quantitative estimate of drug-likeness (QED) is 0.903. The van der Waals surface area contributed by atoms with Gasteiger partial charge in [-0.25, -0.2) is 0 Å². The molecule has 132 valence electrons. The van der Waals surface area contributed by atoms with Crippen molar-refractivity contribution in [1.82, 2.24) is 9.80 Å². The van der Waals surface area contributed by atoms with Crippen LogP contribution in [0.3, 0.4) is 0 Å². The first-order valence-electron chi connectivity index (χ1n) is 9.07. The average Bonchev–Trinajstić information content (AvgIpc) is 2.62. The molecule has 1 amide bonds. The monoisotopic (exact) mass is 331 g/mol. The highest BCUT2D eigenvalue weighted by Gasteiger charge is 2.30. The summed E-state index contributed by atoms with van der Waals surface area (Å²) >= 11 is 0. The molecule has 5 nitrogen and oxygen atoms in total. The van der Waals surface area contributed by atoms with Crippen LogP contribution in [0.15, 0.2) is 30.3 Å². The zero-order valence-electron chi connectivity index (χ0n) is 14.6. The fourth-order valence-electron chi connectivity index (χ4n) is 3.82. The van der Waals surface area contributed by atoms with E-state index in [1.807, 2.05) is 35.2 Å². The van der Waals surface area contributed by atoms with Gasteiger partial charge >= 0.3 is 0 Å². The molecule has 0 saturated carbocycles. The number of morpholine rings is 1. The standard InChI is InChI=1S/C19H29N3O2/c1-15-14-22(11-12-24-15)17-7-9-21(10-8-17)19(23)18(20)13-16-5-3-2-4-6-16/h2-6,15,17-18H,7-14,20H2,1H3. The van der Waals surface area contributed by atoms with Gasteiger partial charge in [0.25, 0.3) is 0 Å². The van der Waals surface area contributed by atoms with Crippen molar-refractivity contribution in [2.24, 2.45) is 5.73 Å². The second-order valence-corrected chi connectivity index (χ2v) is 7.03. The van der Waals surface area contributed by atoms with Gasteiger partial charge in [0.15, 0.2) is 0 Å². The Hall–Kier alpha value is -1.43. The van der Waals surface area contributed by atoms with Gasteiger partial charge in [0, 0.05) is 32.2 Å². The summed E-state index contributed by atoms with van der Waals surface area (Å²) in [5.41, 5.74) is 7.28. The maximum atomic E-state index is 12.6. The Labute approximate surface area is 144 Å². The molecule has 2 aliphatic heterocycles. The van der Waals surface area contributed by atoms with Crippen molar-refractivity contribution < 1.29 is 9.53 Å². The van der Waals surface area contributed by atoms with Crippen molar-refractivity contribution in [1.29, 1.82) is 0 Å². The van der Waals surface area contributed by atoms with Crippen molar-refractivity contribution in [3.63, 3.8) is 0 Å². The van der Waals surface area contributed by atoms with Crippen LogP contribution >= 0.6 is 0 Å². The number of hydrogen-bond donors (Lipinski definition) is 1. The van der Waals surface area contributed by atoms with E-state index in [1.54, 1.807) is 0 Å². The molecule has 0 spiro atoms. The molecule has 2 heterocycles. The number of nitrogens with zero attached hydrogens (tertiary/aromatic N) is 2.